The molecule has 27 heavy (non-hydrogen) atoms. The van der Waals surface area contributed by atoms with Crippen LogP contribution in [0.4, 0.5) is 5.69 Å². The van der Waals surface area contributed by atoms with Gasteiger partial charge in [-0.15, -0.1) is 0 Å². The molecule has 8 nitrogen and oxygen atoms in total. The minimum absolute atomic E-state index is 0.0550. The van der Waals surface area contributed by atoms with Crippen molar-refractivity contribution >= 4 is 22.6 Å². The Kier molecular flexibility index (Phi) is 4.62. The Morgan fingerprint density at radius 2 is 2.00 bits per heavy atom. The lowest BCUT2D eigenvalue weighted by Crippen LogP contribution is -2.39. The number of ether oxygens (including phenoxy) is 1. The van der Waals surface area contributed by atoms with Gasteiger partial charge in [-0.25, -0.2) is 9.97 Å². The molecule has 1 aromatic carbocycles. The topological polar surface area (TPSA) is 116 Å². The molecule has 140 valence electrons. The molecule has 0 saturated heterocycles. The molecule has 1 aliphatic rings. The molecule has 2 heterocycles. The van der Waals surface area contributed by atoms with E-state index in [1.807, 2.05) is 0 Å². The Bertz CT molecular complexity index is 963. The first kappa shape index (κ1) is 17.3. The van der Waals surface area contributed by atoms with E-state index in [1.165, 1.54) is 6.26 Å². The number of carbonyl (C=O) groups excluding carboxylic acids is 1. The van der Waals surface area contributed by atoms with Gasteiger partial charge in [0, 0.05) is 37.1 Å². The fourth-order valence-corrected chi connectivity index (χ4v) is 3.38. The van der Waals surface area contributed by atoms with E-state index in [-0.39, 0.29) is 18.1 Å². The van der Waals surface area contributed by atoms with Gasteiger partial charge in [-0.3, -0.25) is 9.78 Å². The lowest BCUT2D eigenvalue weighted by atomic mass is 9.93. The highest BCUT2D eigenvalue weighted by Gasteiger charge is 2.25. The van der Waals surface area contributed by atoms with Crippen molar-refractivity contribution in [1.29, 1.82) is 0 Å². The van der Waals surface area contributed by atoms with Crippen molar-refractivity contribution in [2.45, 2.75) is 44.8 Å². The van der Waals surface area contributed by atoms with Gasteiger partial charge >= 0.3 is 0 Å². The van der Waals surface area contributed by atoms with Crippen LogP contribution in [0.5, 0.6) is 5.75 Å². The van der Waals surface area contributed by atoms with Gasteiger partial charge in [-0.2, -0.15) is 0 Å². The number of nitrogens with zero attached hydrogens (tertiary/aromatic N) is 3. The highest BCUT2D eigenvalue weighted by atomic mass is 16.5. The average Bonchev–Trinajstić information content (AvgIpc) is 3.10. The number of amides is 1. The molecular formula is C19H21N5O3. The third kappa shape index (κ3) is 3.84. The van der Waals surface area contributed by atoms with Crippen molar-refractivity contribution < 1.29 is 13.9 Å². The second-order valence-electron chi connectivity index (χ2n) is 6.76. The van der Waals surface area contributed by atoms with Gasteiger partial charge in [0.05, 0.1) is 11.6 Å². The van der Waals surface area contributed by atoms with Crippen LogP contribution < -0.4 is 15.8 Å². The normalized spacial score (nSPS) is 19.7. The van der Waals surface area contributed by atoms with Gasteiger partial charge in [0.15, 0.2) is 11.6 Å². The average molecular weight is 367 g/mol. The maximum absolute atomic E-state index is 12.2. The van der Waals surface area contributed by atoms with E-state index in [2.05, 4.69) is 20.3 Å². The summed E-state index contributed by atoms with van der Waals surface area (Å²) in [4.78, 5) is 24.9. The number of aryl methyl sites for hydroxylation is 1. The highest BCUT2D eigenvalue weighted by Crippen LogP contribution is 2.30. The van der Waals surface area contributed by atoms with E-state index in [1.54, 1.807) is 31.5 Å². The molecule has 0 radical (unpaired) electrons. The molecule has 1 amide bonds. The summed E-state index contributed by atoms with van der Waals surface area (Å²) in [7, 11) is 0. The number of nitrogens with two attached hydrogens (primary N) is 1. The first-order valence-corrected chi connectivity index (χ1v) is 8.98. The maximum atomic E-state index is 12.2. The van der Waals surface area contributed by atoms with Crippen molar-refractivity contribution in [2.24, 2.45) is 0 Å². The molecule has 0 atom stereocenters. The largest absolute Gasteiger partial charge is 0.488 e. The lowest BCUT2D eigenvalue weighted by molar-refractivity contribution is 0.0890. The van der Waals surface area contributed by atoms with Crippen molar-refractivity contribution in [2.75, 3.05) is 5.73 Å². The predicted octanol–water partition coefficient (Wildman–Crippen LogP) is 2.63. The third-order valence-electron chi connectivity index (χ3n) is 4.72. The van der Waals surface area contributed by atoms with Crippen molar-refractivity contribution in [3.63, 3.8) is 0 Å². The number of carbonyl (C=O) groups is 1. The van der Waals surface area contributed by atoms with Crippen molar-refractivity contribution in [3.05, 3.63) is 42.4 Å². The SMILES string of the molecule is Cc1nc(C(=O)NC2CCC(Oc3cc(N)cc4nccnc34)CC2)co1. The molecule has 0 aliphatic heterocycles. The van der Waals surface area contributed by atoms with Gasteiger partial charge in [0.1, 0.15) is 17.5 Å². The minimum atomic E-state index is -0.201. The smallest absolute Gasteiger partial charge is 0.273 e. The molecule has 0 spiro atoms. The Morgan fingerprint density at radius 1 is 1.22 bits per heavy atom. The molecule has 1 aliphatic carbocycles. The molecule has 3 aromatic rings. The summed E-state index contributed by atoms with van der Waals surface area (Å²) in [6, 6.07) is 3.68. The van der Waals surface area contributed by atoms with Crippen LogP contribution in [-0.4, -0.2) is 33.0 Å². The number of rotatable bonds is 4. The van der Waals surface area contributed by atoms with E-state index in [0.717, 1.165) is 31.2 Å². The summed E-state index contributed by atoms with van der Waals surface area (Å²) in [5.74, 6) is 0.937. The summed E-state index contributed by atoms with van der Waals surface area (Å²) in [5.41, 5.74) is 8.30. The minimum Gasteiger partial charge on any atom is -0.488 e. The summed E-state index contributed by atoms with van der Waals surface area (Å²) >= 11 is 0. The first-order valence-electron chi connectivity index (χ1n) is 8.98. The second kappa shape index (κ2) is 7.22. The molecule has 1 fully saturated rings. The van der Waals surface area contributed by atoms with Gasteiger partial charge in [-0.1, -0.05) is 0 Å². The molecule has 0 unspecified atom stereocenters. The number of hydrogen-bond acceptors (Lipinski definition) is 7. The van der Waals surface area contributed by atoms with Crippen LogP contribution in [0.2, 0.25) is 0 Å². The lowest BCUT2D eigenvalue weighted by Gasteiger charge is -2.29. The third-order valence-corrected chi connectivity index (χ3v) is 4.72. The van der Waals surface area contributed by atoms with Crippen LogP contribution in [0.3, 0.4) is 0 Å². The summed E-state index contributed by atoms with van der Waals surface area (Å²) in [6.45, 7) is 1.71. The Hall–Kier alpha value is -3.16. The van der Waals surface area contributed by atoms with Gasteiger partial charge in [-0.05, 0) is 31.7 Å². The monoisotopic (exact) mass is 367 g/mol. The first-order chi connectivity index (χ1) is 13.1. The molecule has 3 N–H and O–H groups in total. The van der Waals surface area contributed by atoms with Crippen LogP contribution in [0, 0.1) is 6.92 Å². The van der Waals surface area contributed by atoms with E-state index in [4.69, 9.17) is 14.9 Å². The number of benzene rings is 1. The number of anilines is 1. The molecule has 8 heteroatoms. The van der Waals surface area contributed by atoms with E-state index >= 15 is 0 Å². The van der Waals surface area contributed by atoms with Crippen LogP contribution in [0.25, 0.3) is 11.0 Å². The van der Waals surface area contributed by atoms with Gasteiger partial charge < -0.3 is 20.2 Å². The highest BCUT2D eigenvalue weighted by molar-refractivity contribution is 5.92. The summed E-state index contributed by atoms with van der Waals surface area (Å²) in [6.07, 6.45) is 8.04. The van der Waals surface area contributed by atoms with Crippen LogP contribution in [0.15, 0.2) is 35.2 Å². The quantitative estimate of drug-likeness (QED) is 0.681. The Morgan fingerprint density at radius 3 is 2.74 bits per heavy atom. The van der Waals surface area contributed by atoms with Crippen LogP contribution >= 0.6 is 0 Å². The number of aromatic nitrogens is 3. The molecule has 2 aromatic heterocycles. The van der Waals surface area contributed by atoms with Crippen LogP contribution in [-0.2, 0) is 0 Å². The molecular weight excluding hydrogens is 346 g/mol. The number of oxazole rings is 1. The van der Waals surface area contributed by atoms with Crippen molar-refractivity contribution in [3.8, 4) is 5.75 Å². The zero-order chi connectivity index (χ0) is 18.8. The number of fused-ring (bicyclic) bond motifs is 1. The standard InChI is InChI=1S/C19H21N5O3/c1-11-23-16(10-26-11)19(25)24-13-2-4-14(5-3-13)27-17-9-12(20)8-15-18(17)22-7-6-21-15/h6-10,13-14H,2-5,20H2,1H3,(H,24,25). The number of hydrogen-bond donors (Lipinski definition) is 2. The van der Waals surface area contributed by atoms with E-state index in [9.17, 15) is 4.79 Å². The Labute approximate surface area is 156 Å². The Balaban J connectivity index is 1.37. The second-order valence-corrected chi connectivity index (χ2v) is 6.76. The molecule has 4 rings (SSSR count). The van der Waals surface area contributed by atoms with Crippen molar-refractivity contribution in [1.82, 2.24) is 20.3 Å². The van der Waals surface area contributed by atoms with Gasteiger partial charge in [0.25, 0.3) is 5.91 Å². The predicted molar refractivity (Wildman–Crippen MR) is 99.3 cm³/mol. The fraction of sp³-hybridized carbons (Fsp3) is 0.368. The summed E-state index contributed by atoms with van der Waals surface area (Å²) in [5, 5.41) is 3.01. The summed E-state index contributed by atoms with van der Waals surface area (Å²) < 4.78 is 11.3. The molecule has 1 saturated carbocycles. The van der Waals surface area contributed by atoms with Crippen LogP contribution in [0.1, 0.15) is 42.1 Å². The number of nitrogen functional groups attached to an aromatic ring is 1. The fourth-order valence-electron chi connectivity index (χ4n) is 3.38. The zero-order valence-electron chi connectivity index (χ0n) is 15.0. The number of nitrogens with one attached hydrogen (secondary N) is 1. The van der Waals surface area contributed by atoms with E-state index < -0.39 is 0 Å². The van der Waals surface area contributed by atoms with Gasteiger partial charge in [0.2, 0.25) is 0 Å². The zero-order valence-corrected chi connectivity index (χ0v) is 15.0. The van der Waals surface area contributed by atoms with E-state index in [0.29, 0.717) is 28.5 Å². The maximum Gasteiger partial charge on any atom is 0.273 e. The molecule has 0 bridgehead atoms.